The Morgan fingerprint density at radius 1 is 1.00 bits per heavy atom. The third kappa shape index (κ3) is 3.76. The van der Waals surface area contributed by atoms with Crippen molar-refractivity contribution in [3.05, 3.63) is 34.4 Å². The third-order valence-corrected chi connectivity index (χ3v) is 10.5. The molecule has 35 heavy (non-hydrogen) atoms. The fourth-order valence-electron chi connectivity index (χ4n) is 8.99. The van der Waals surface area contributed by atoms with Crippen molar-refractivity contribution in [1.29, 1.82) is 0 Å². The minimum atomic E-state index is -0.989. The minimum Gasteiger partial charge on any atom is -0.463 e. The molecule has 4 fully saturated rings. The number of ether oxygens (including phenoxy) is 2. The van der Waals surface area contributed by atoms with Gasteiger partial charge in [-0.25, -0.2) is 4.79 Å². The van der Waals surface area contributed by atoms with E-state index in [2.05, 4.69) is 13.8 Å². The molecule has 192 valence electrons. The van der Waals surface area contributed by atoms with Crippen molar-refractivity contribution in [2.75, 3.05) is 0 Å². The molecule has 7 heteroatoms. The van der Waals surface area contributed by atoms with Crippen LogP contribution in [0.15, 0.2) is 27.6 Å². The summed E-state index contributed by atoms with van der Waals surface area (Å²) in [7, 11) is 0. The Bertz CT molecular complexity index is 1040. The van der Waals surface area contributed by atoms with Gasteiger partial charge < -0.3 is 19.0 Å². The lowest BCUT2D eigenvalue weighted by Crippen LogP contribution is -2.62. The van der Waals surface area contributed by atoms with Crippen LogP contribution in [0.1, 0.15) is 90.5 Å². The Morgan fingerprint density at radius 3 is 2.40 bits per heavy atom. The van der Waals surface area contributed by atoms with Crippen molar-refractivity contribution in [3.8, 4) is 0 Å². The molecule has 5 rings (SSSR count). The Kier molecular flexibility index (Phi) is 5.93. The zero-order chi connectivity index (χ0) is 25.2. The first-order chi connectivity index (χ1) is 16.5. The molecule has 1 N–H and O–H groups in total. The SMILES string of the molecule is CC(=O)O[C@H]1CC[C@@]2(C)[C@@H](CC[C@@H]3[C@@H]2CC[C@]2(C)[C@@H](c4ccc(=O)oc4)[C@@H](OC(C)=O)C[C@@]32O)C1. The normalized spacial score (nSPS) is 44.5. The van der Waals surface area contributed by atoms with Crippen molar-refractivity contribution in [3.63, 3.8) is 0 Å². The summed E-state index contributed by atoms with van der Waals surface area (Å²) < 4.78 is 16.6. The van der Waals surface area contributed by atoms with Gasteiger partial charge in [-0.3, -0.25) is 9.59 Å². The second-order valence-electron chi connectivity index (χ2n) is 12.1. The zero-order valence-corrected chi connectivity index (χ0v) is 21.2. The van der Waals surface area contributed by atoms with Gasteiger partial charge in [-0.1, -0.05) is 13.8 Å². The fraction of sp³-hybridized carbons (Fsp3) is 0.750. The molecule has 0 amide bonds. The molecule has 0 unspecified atom stereocenters. The summed E-state index contributed by atoms with van der Waals surface area (Å²) in [5, 5.41) is 12.6. The molecule has 0 aliphatic heterocycles. The minimum absolute atomic E-state index is 0.00369. The zero-order valence-electron chi connectivity index (χ0n) is 21.2. The van der Waals surface area contributed by atoms with Crippen molar-refractivity contribution in [2.24, 2.45) is 28.6 Å². The van der Waals surface area contributed by atoms with Crippen LogP contribution < -0.4 is 5.63 Å². The van der Waals surface area contributed by atoms with E-state index in [4.69, 9.17) is 13.9 Å². The molecule has 0 bridgehead atoms. The second kappa shape index (κ2) is 8.46. The average Bonchev–Trinajstić information content (AvgIpc) is 3.00. The van der Waals surface area contributed by atoms with Gasteiger partial charge in [0.05, 0.1) is 11.9 Å². The largest absolute Gasteiger partial charge is 0.463 e. The summed E-state index contributed by atoms with van der Waals surface area (Å²) in [6, 6.07) is 3.16. The Balaban J connectivity index is 1.48. The van der Waals surface area contributed by atoms with Crippen LogP contribution in [0.25, 0.3) is 0 Å². The highest BCUT2D eigenvalue weighted by Crippen LogP contribution is 2.71. The summed E-state index contributed by atoms with van der Waals surface area (Å²) in [4.78, 5) is 35.2. The maximum atomic E-state index is 12.6. The van der Waals surface area contributed by atoms with E-state index in [1.54, 1.807) is 6.07 Å². The molecular formula is C28H38O7. The van der Waals surface area contributed by atoms with E-state index in [0.29, 0.717) is 18.3 Å². The van der Waals surface area contributed by atoms with Gasteiger partial charge in [-0.05, 0) is 79.7 Å². The van der Waals surface area contributed by atoms with Gasteiger partial charge in [0, 0.05) is 37.7 Å². The number of carbonyl (C=O) groups is 2. The molecule has 0 spiro atoms. The van der Waals surface area contributed by atoms with E-state index in [-0.39, 0.29) is 35.3 Å². The number of hydrogen-bond donors (Lipinski definition) is 1. The highest BCUT2D eigenvalue weighted by molar-refractivity contribution is 5.66. The van der Waals surface area contributed by atoms with Crippen molar-refractivity contribution in [1.82, 2.24) is 0 Å². The molecule has 4 aliphatic carbocycles. The third-order valence-electron chi connectivity index (χ3n) is 10.5. The summed E-state index contributed by atoms with van der Waals surface area (Å²) in [6.45, 7) is 7.41. The van der Waals surface area contributed by atoms with Crippen LogP contribution in [-0.4, -0.2) is 34.9 Å². The average molecular weight is 487 g/mol. The number of fused-ring (bicyclic) bond motifs is 5. The molecule has 1 aromatic rings. The van der Waals surface area contributed by atoms with Gasteiger partial charge in [0.1, 0.15) is 12.2 Å². The number of hydrogen-bond acceptors (Lipinski definition) is 7. The Labute approximate surface area is 206 Å². The van der Waals surface area contributed by atoms with E-state index in [1.165, 1.54) is 26.2 Å². The van der Waals surface area contributed by atoms with Gasteiger partial charge in [-0.2, -0.15) is 0 Å². The first-order valence-corrected chi connectivity index (χ1v) is 13.1. The molecule has 1 heterocycles. The van der Waals surface area contributed by atoms with Crippen LogP contribution in [0.4, 0.5) is 0 Å². The predicted molar refractivity (Wildman–Crippen MR) is 127 cm³/mol. The highest BCUT2D eigenvalue weighted by atomic mass is 16.5. The van der Waals surface area contributed by atoms with E-state index in [1.807, 2.05) is 0 Å². The maximum absolute atomic E-state index is 12.6. The summed E-state index contributed by atoms with van der Waals surface area (Å²) in [6.07, 6.45) is 7.86. The number of carbonyl (C=O) groups excluding carboxylic acids is 2. The van der Waals surface area contributed by atoms with Crippen molar-refractivity contribution < 1.29 is 28.6 Å². The molecular weight excluding hydrogens is 448 g/mol. The van der Waals surface area contributed by atoms with E-state index in [9.17, 15) is 19.5 Å². The fourth-order valence-corrected chi connectivity index (χ4v) is 8.99. The van der Waals surface area contributed by atoms with Crippen LogP contribution in [0.2, 0.25) is 0 Å². The maximum Gasteiger partial charge on any atom is 0.335 e. The topological polar surface area (TPSA) is 103 Å². The predicted octanol–water partition coefficient (Wildman–Crippen LogP) is 4.35. The van der Waals surface area contributed by atoms with Crippen LogP contribution in [0.5, 0.6) is 0 Å². The monoisotopic (exact) mass is 486 g/mol. The van der Waals surface area contributed by atoms with Crippen LogP contribution >= 0.6 is 0 Å². The lowest BCUT2D eigenvalue weighted by Gasteiger charge is -2.63. The van der Waals surface area contributed by atoms with Gasteiger partial charge in [0.25, 0.3) is 0 Å². The molecule has 4 aliphatic rings. The molecule has 7 nitrogen and oxygen atoms in total. The van der Waals surface area contributed by atoms with E-state index >= 15 is 0 Å². The van der Waals surface area contributed by atoms with E-state index < -0.39 is 22.7 Å². The smallest absolute Gasteiger partial charge is 0.335 e. The van der Waals surface area contributed by atoms with Gasteiger partial charge in [0.2, 0.25) is 0 Å². The van der Waals surface area contributed by atoms with Crippen LogP contribution in [0.3, 0.4) is 0 Å². The van der Waals surface area contributed by atoms with Crippen molar-refractivity contribution >= 4 is 11.9 Å². The molecule has 0 aromatic carbocycles. The Hall–Kier alpha value is -2.15. The van der Waals surface area contributed by atoms with Gasteiger partial charge >= 0.3 is 17.6 Å². The van der Waals surface area contributed by atoms with Crippen LogP contribution in [-0.2, 0) is 19.1 Å². The number of esters is 2. The highest BCUT2D eigenvalue weighted by Gasteiger charge is 2.70. The molecule has 1 aromatic heterocycles. The van der Waals surface area contributed by atoms with Crippen molar-refractivity contribution in [2.45, 2.75) is 103 Å². The molecule has 0 saturated heterocycles. The Morgan fingerprint density at radius 2 is 1.74 bits per heavy atom. The molecule has 0 radical (unpaired) electrons. The quantitative estimate of drug-likeness (QED) is 0.634. The standard InChI is InChI=1S/C28H38O7/c1-16(29)34-20-9-11-26(3)19(13-20)6-7-22-21(26)10-12-27(4)25(18-5-8-24(31)33-15-18)23(35-17(2)30)14-28(22,27)32/h5,8,15,19-23,25,32H,6-7,9-14H2,1-4H3/t19-,20-,21-,22+,23-,25-,26-,27+,28+/m0/s1. The van der Waals surface area contributed by atoms with Gasteiger partial charge in [-0.15, -0.1) is 0 Å². The summed E-state index contributed by atoms with van der Waals surface area (Å²) >= 11 is 0. The number of rotatable bonds is 3. The van der Waals surface area contributed by atoms with Crippen LogP contribution in [0, 0.1) is 28.6 Å². The number of aliphatic hydroxyl groups is 1. The first kappa shape index (κ1) is 24.5. The lowest BCUT2D eigenvalue weighted by molar-refractivity contribution is -0.207. The summed E-state index contributed by atoms with van der Waals surface area (Å²) in [5.74, 6) is 0.126. The lowest BCUT2D eigenvalue weighted by atomic mass is 9.43. The van der Waals surface area contributed by atoms with Gasteiger partial charge in [0.15, 0.2) is 0 Å². The second-order valence-corrected chi connectivity index (χ2v) is 12.1. The first-order valence-electron chi connectivity index (χ1n) is 13.1. The van der Waals surface area contributed by atoms with E-state index in [0.717, 1.165) is 50.5 Å². The molecule has 9 atom stereocenters. The summed E-state index contributed by atoms with van der Waals surface area (Å²) in [5.41, 5.74) is -1.03. The molecule has 4 saturated carbocycles.